The van der Waals surface area contributed by atoms with Crippen molar-refractivity contribution in [2.24, 2.45) is 0 Å². The SMILES string of the molecule is O=C(c1ccccc1-n1cnc(Cn2nc(-c3ccc(Cl)cc3)n(C[C@H](O)C(F)(F)F)c2=O)n1)N1CC(O)C1. The molecule has 0 saturated carbocycles. The second kappa shape index (κ2) is 10.3. The fourth-order valence-corrected chi connectivity index (χ4v) is 4.19. The van der Waals surface area contributed by atoms with Crippen LogP contribution in [-0.2, 0) is 13.1 Å². The molecule has 5 rings (SSSR count). The van der Waals surface area contributed by atoms with Gasteiger partial charge in [0.2, 0.25) is 0 Å². The quantitative estimate of drug-likeness (QED) is 0.350. The van der Waals surface area contributed by atoms with Crippen molar-refractivity contribution in [1.82, 2.24) is 34.0 Å². The van der Waals surface area contributed by atoms with Gasteiger partial charge >= 0.3 is 11.9 Å². The van der Waals surface area contributed by atoms with Gasteiger partial charge in [0.25, 0.3) is 5.91 Å². The third-order valence-electron chi connectivity index (χ3n) is 6.12. The molecule has 1 aliphatic heterocycles. The number of nitrogens with zero attached hydrogens (tertiary/aromatic N) is 7. The summed E-state index contributed by atoms with van der Waals surface area (Å²) in [5.74, 6) is -0.298. The fraction of sp³-hybridized carbons (Fsp3) is 0.292. The third kappa shape index (κ3) is 5.44. The summed E-state index contributed by atoms with van der Waals surface area (Å²) >= 11 is 5.91. The Hall–Kier alpha value is -4.01. The molecular formula is C24H21ClF3N7O4. The lowest BCUT2D eigenvalue weighted by molar-refractivity contribution is -0.207. The largest absolute Gasteiger partial charge is 0.416 e. The Morgan fingerprint density at radius 2 is 1.79 bits per heavy atom. The Balaban J connectivity index is 1.45. The van der Waals surface area contributed by atoms with Crippen molar-refractivity contribution in [2.75, 3.05) is 13.1 Å². The van der Waals surface area contributed by atoms with Crippen LogP contribution in [0.25, 0.3) is 17.1 Å². The first-order valence-corrected chi connectivity index (χ1v) is 12.0. The van der Waals surface area contributed by atoms with Crippen LogP contribution in [0, 0.1) is 0 Å². The van der Waals surface area contributed by atoms with Crippen molar-refractivity contribution in [3.8, 4) is 17.1 Å². The Labute approximate surface area is 223 Å². The first-order valence-electron chi connectivity index (χ1n) is 11.7. The zero-order valence-electron chi connectivity index (χ0n) is 20.0. The number of benzene rings is 2. The van der Waals surface area contributed by atoms with Crippen LogP contribution < -0.4 is 5.69 Å². The number of carbonyl (C=O) groups excluding carboxylic acids is 1. The van der Waals surface area contributed by atoms with Gasteiger partial charge < -0.3 is 15.1 Å². The molecule has 2 aromatic carbocycles. The van der Waals surface area contributed by atoms with E-state index in [2.05, 4.69) is 15.2 Å². The van der Waals surface area contributed by atoms with Crippen LogP contribution in [-0.4, -0.2) is 81.6 Å². The van der Waals surface area contributed by atoms with Crippen LogP contribution in [0.15, 0.2) is 59.7 Å². The molecule has 1 aliphatic rings. The zero-order valence-corrected chi connectivity index (χ0v) is 20.8. The molecule has 0 aliphatic carbocycles. The third-order valence-corrected chi connectivity index (χ3v) is 6.37. The molecule has 4 aromatic rings. The number of aliphatic hydroxyl groups excluding tert-OH is 2. The molecule has 0 radical (unpaired) electrons. The van der Waals surface area contributed by atoms with Gasteiger partial charge in [-0.1, -0.05) is 23.7 Å². The highest BCUT2D eigenvalue weighted by atomic mass is 35.5. The van der Waals surface area contributed by atoms with E-state index >= 15 is 0 Å². The smallest absolute Gasteiger partial charge is 0.389 e. The summed E-state index contributed by atoms with van der Waals surface area (Å²) < 4.78 is 42.2. The standard InChI is InChI=1S/C24H21ClF3N7O4/c25-15-7-5-14(6-8-15)21-31-34(23(39)33(21)11-19(37)24(26,27)28)12-20-29-13-35(30-20)18-4-2-1-3-17(18)22(38)32-9-16(36)10-32/h1-8,13,16,19,36-37H,9-12H2/t19-/m0/s1. The number of alkyl halides is 3. The van der Waals surface area contributed by atoms with Crippen molar-refractivity contribution in [2.45, 2.75) is 31.5 Å². The first kappa shape index (κ1) is 26.6. The highest BCUT2D eigenvalue weighted by Crippen LogP contribution is 2.24. The number of likely N-dealkylation sites (tertiary alicyclic amines) is 1. The molecule has 15 heteroatoms. The molecule has 0 spiro atoms. The monoisotopic (exact) mass is 563 g/mol. The number of halogens is 4. The van der Waals surface area contributed by atoms with Crippen LogP contribution in [0.1, 0.15) is 16.2 Å². The van der Waals surface area contributed by atoms with Gasteiger partial charge in [-0.3, -0.25) is 9.36 Å². The number of aliphatic hydroxyl groups is 2. The summed E-state index contributed by atoms with van der Waals surface area (Å²) in [5.41, 5.74) is 0.141. The number of hydrogen-bond acceptors (Lipinski definition) is 7. The summed E-state index contributed by atoms with van der Waals surface area (Å²) in [4.78, 5) is 31.6. The maximum atomic E-state index is 13.1. The van der Waals surface area contributed by atoms with Gasteiger partial charge in [-0.2, -0.15) is 13.2 Å². The van der Waals surface area contributed by atoms with Gasteiger partial charge in [0, 0.05) is 23.7 Å². The van der Waals surface area contributed by atoms with Crippen molar-refractivity contribution in [1.29, 1.82) is 0 Å². The molecule has 39 heavy (non-hydrogen) atoms. The Morgan fingerprint density at radius 3 is 2.46 bits per heavy atom. The highest BCUT2D eigenvalue weighted by molar-refractivity contribution is 6.30. The second-order valence-corrected chi connectivity index (χ2v) is 9.36. The van der Waals surface area contributed by atoms with Gasteiger partial charge in [0.15, 0.2) is 17.8 Å². The number of aromatic nitrogens is 6. The first-order chi connectivity index (χ1) is 18.5. The lowest BCUT2D eigenvalue weighted by atomic mass is 10.1. The Bertz CT molecular complexity index is 1560. The number of rotatable bonds is 7. The zero-order chi connectivity index (χ0) is 27.9. The summed E-state index contributed by atoms with van der Waals surface area (Å²) in [6.45, 7) is -0.917. The molecule has 1 saturated heterocycles. The van der Waals surface area contributed by atoms with Crippen LogP contribution in [0.3, 0.4) is 0 Å². The van der Waals surface area contributed by atoms with E-state index in [1.807, 2.05) is 0 Å². The topological polar surface area (TPSA) is 131 Å². The van der Waals surface area contributed by atoms with E-state index in [9.17, 15) is 33.0 Å². The van der Waals surface area contributed by atoms with E-state index in [4.69, 9.17) is 11.6 Å². The summed E-state index contributed by atoms with van der Waals surface area (Å²) in [6.07, 6.45) is -6.97. The lowest BCUT2D eigenvalue weighted by Crippen LogP contribution is -2.53. The van der Waals surface area contributed by atoms with Crippen molar-refractivity contribution >= 4 is 17.5 Å². The van der Waals surface area contributed by atoms with Crippen molar-refractivity contribution < 1.29 is 28.2 Å². The van der Waals surface area contributed by atoms with E-state index in [-0.39, 0.29) is 37.2 Å². The van der Waals surface area contributed by atoms with Crippen LogP contribution in [0.5, 0.6) is 0 Å². The molecule has 1 atom stereocenters. The van der Waals surface area contributed by atoms with Crippen LogP contribution in [0.4, 0.5) is 13.2 Å². The summed E-state index contributed by atoms with van der Waals surface area (Å²) in [5, 5.41) is 28.1. The van der Waals surface area contributed by atoms with Crippen LogP contribution in [0.2, 0.25) is 5.02 Å². The molecule has 204 valence electrons. The van der Waals surface area contributed by atoms with Crippen molar-refractivity contribution in [3.63, 3.8) is 0 Å². The molecule has 2 aromatic heterocycles. The predicted molar refractivity (Wildman–Crippen MR) is 131 cm³/mol. The number of β-amino-alcohol motifs (C(OH)–C–C–N with tert-alkyl or cyclic N) is 1. The number of hydrogen-bond donors (Lipinski definition) is 2. The highest BCUT2D eigenvalue weighted by Gasteiger charge is 2.39. The predicted octanol–water partition coefficient (Wildman–Crippen LogP) is 1.73. The molecule has 1 fully saturated rings. The van der Waals surface area contributed by atoms with E-state index < -0.39 is 30.6 Å². The summed E-state index contributed by atoms with van der Waals surface area (Å²) in [7, 11) is 0. The molecular weight excluding hydrogens is 543 g/mol. The average Bonchev–Trinajstić information content (AvgIpc) is 3.47. The van der Waals surface area contributed by atoms with Gasteiger partial charge in [-0.15, -0.1) is 10.2 Å². The van der Waals surface area contributed by atoms with Gasteiger partial charge in [0.05, 0.1) is 23.9 Å². The summed E-state index contributed by atoms with van der Waals surface area (Å²) in [6, 6.07) is 12.6. The average molecular weight is 564 g/mol. The molecule has 11 nitrogen and oxygen atoms in total. The van der Waals surface area contributed by atoms with E-state index in [0.717, 1.165) is 9.25 Å². The molecule has 3 heterocycles. The molecule has 0 bridgehead atoms. The van der Waals surface area contributed by atoms with Gasteiger partial charge in [0.1, 0.15) is 12.9 Å². The molecule has 0 unspecified atom stereocenters. The van der Waals surface area contributed by atoms with E-state index in [1.165, 1.54) is 40.2 Å². The number of para-hydroxylation sites is 1. The molecule has 1 amide bonds. The number of amides is 1. The minimum absolute atomic E-state index is 0.0994. The Kier molecular flexibility index (Phi) is 7.01. The second-order valence-electron chi connectivity index (χ2n) is 8.93. The van der Waals surface area contributed by atoms with E-state index in [1.54, 1.807) is 24.3 Å². The molecule has 2 N–H and O–H groups in total. The fourth-order valence-electron chi connectivity index (χ4n) is 4.06. The van der Waals surface area contributed by atoms with Gasteiger partial charge in [-0.25, -0.2) is 19.1 Å². The van der Waals surface area contributed by atoms with Crippen molar-refractivity contribution in [3.05, 3.63) is 81.8 Å². The van der Waals surface area contributed by atoms with E-state index in [0.29, 0.717) is 21.8 Å². The maximum absolute atomic E-state index is 13.1. The minimum atomic E-state index is -4.95. The number of carbonyl (C=O) groups is 1. The normalized spacial score (nSPS) is 14.9. The Morgan fingerprint density at radius 1 is 1.10 bits per heavy atom. The van der Waals surface area contributed by atoms with Crippen LogP contribution >= 0.6 is 11.6 Å². The van der Waals surface area contributed by atoms with Gasteiger partial charge in [-0.05, 0) is 36.4 Å². The maximum Gasteiger partial charge on any atom is 0.416 e. The minimum Gasteiger partial charge on any atom is -0.389 e. The lowest BCUT2D eigenvalue weighted by Gasteiger charge is -2.36.